The number of fused-ring (bicyclic) bond motifs is 1. The molecule has 0 aliphatic heterocycles. The van der Waals surface area contributed by atoms with Crippen molar-refractivity contribution in [2.45, 2.75) is 18.4 Å². The van der Waals surface area contributed by atoms with Gasteiger partial charge in [0.25, 0.3) is 0 Å². The molecular formula is C15H11F4N. The monoisotopic (exact) mass is 281 g/mol. The molecule has 0 heterocycles. The van der Waals surface area contributed by atoms with Gasteiger partial charge < -0.3 is 5.73 Å². The molecule has 0 aromatic heterocycles. The largest absolute Gasteiger partial charge is 0.318 e. The van der Waals surface area contributed by atoms with Crippen LogP contribution < -0.4 is 5.73 Å². The van der Waals surface area contributed by atoms with Crippen molar-refractivity contribution in [1.29, 1.82) is 0 Å². The highest BCUT2D eigenvalue weighted by molar-refractivity contribution is 5.47. The van der Waals surface area contributed by atoms with Crippen LogP contribution in [0.4, 0.5) is 17.6 Å². The Kier molecular flexibility index (Phi) is 2.83. The first-order chi connectivity index (χ1) is 9.43. The molecule has 0 spiro atoms. The van der Waals surface area contributed by atoms with Gasteiger partial charge in [-0.15, -0.1) is 0 Å². The van der Waals surface area contributed by atoms with E-state index >= 15 is 0 Å². The van der Waals surface area contributed by atoms with Crippen LogP contribution in [-0.4, -0.2) is 0 Å². The van der Waals surface area contributed by atoms with Crippen LogP contribution in [0.1, 0.15) is 23.1 Å². The van der Waals surface area contributed by atoms with Gasteiger partial charge in [-0.3, -0.25) is 0 Å². The first-order valence-corrected chi connectivity index (χ1v) is 6.15. The summed E-state index contributed by atoms with van der Waals surface area (Å²) in [5.41, 5.74) is 6.05. The van der Waals surface area contributed by atoms with Gasteiger partial charge in [0.15, 0.2) is 17.5 Å². The molecule has 1 nitrogen and oxygen atoms in total. The molecule has 1 aliphatic carbocycles. The van der Waals surface area contributed by atoms with Crippen molar-refractivity contribution < 1.29 is 17.6 Å². The zero-order valence-corrected chi connectivity index (χ0v) is 10.4. The molecule has 2 aromatic carbocycles. The SMILES string of the molecule is NC1(c2ccc(F)c(F)c2F)CCc2cc(F)ccc21. The normalized spacial score (nSPS) is 21.1. The Bertz CT molecular complexity index is 699. The van der Waals surface area contributed by atoms with Gasteiger partial charge in [-0.25, -0.2) is 17.6 Å². The molecule has 3 rings (SSSR count). The number of benzene rings is 2. The third-order valence-electron chi connectivity index (χ3n) is 3.85. The first-order valence-electron chi connectivity index (χ1n) is 6.15. The van der Waals surface area contributed by atoms with Crippen LogP contribution in [-0.2, 0) is 12.0 Å². The first kappa shape index (κ1) is 13.1. The summed E-state index contributed by atoms with van der Waals surface area (Å²) < 4.78 is 53.6. The lowest BCUT2D eigenvalue weighted by molar-refractivity contribution is 0.417. The molecule has 0 saturated carbocycles. The fraction of sp³-hybridized carbons (Fsp3) is 0.200. The van der Waals surface area contributed by atoms with E-state index < -0.39 is 28.8 Å². The van der Waals surface area contributed by atoms with Crippen molar-refractivity contribution in [1.82, 2.24) is 0 Å². The van der Waals surface area contributed by atoms with Crippen LogP contribution in [0.2, 0.25) is 0 Å². The summed E-state index contributed by atoms with van der Waals surface area (Å²) in [6.07, 6.45) is 0.774. The Morgan fingerprint density at radius 2 is 1.60 bits per heavy atom. The predicted octanol–water partition coefficient (Wildman–Crippen LogP) is 3.39. The van der Waals surface area contributed by atoms with Gasteiger partial charge in [-0.05, 0) is 42.2 Å². The van der Waals surface area contributed by atoms with Gasteiger partial charge in [0.1, 0.15) is 5.82 Å². The maximum atomic E-state index is 14.0. The molecule has 0 radical (unpaired) electrons. The third kappa shape index (κ3) is 1.73. The van der Waals surface area contributed by atoms with E-state index in [2.05, 4.69) is 0 Å². The van der Waals surface area contributed by atoms with E-state index in [4.69, 9.17) is 5.73 Å². The molecule has 104 valence electrons. The highest BCUT2D eigenvalue weighted by atomic mass is 19.2. The Hall–Kier alpha value is -1.88. The van der Waals surface area contributed by atoms with E-state index in [1.165, 1.54) is 18.2 Å². The van der Waals surface area contributed by atoms with E-state index in [1.807, 2.05) is 0 Å². The topological polar surface area (TPSA) is 26.0 Å². The van der Waals surface area contributed by atoms with Crippen molar-refractivity contribution in [3.8, 4) is 0 Å². The summed E-state index contributed by atoms with van der Waals surface area (Å²) in [5, 5.41) is 0. The van der Waals surface area contributed by atoms with E-state index in [1.54, 1.807) is 0 Å². The maximum Gasteiger partial charge on any atom is 0.194 e. The summed E-state index contributed by atoms with van der Waals surface area (Å²) in [4.78, 5) is 0. The zero-order chi connectivity index (χ0) is 14.5. The Labute approximate surface area is 113 Å². The molecule has 2 aromatic rings. The lowest BCUT2D eigenvalue weighted by atomic mass is 9.84. The minimum Gasteiger partial charge on any atom is -0.318 e. The van der Waals surface area contributed by atoms with Crippen molar-refractivity contribution in [2.24, 2.45) is 5.73 Å². The summed E-state index contributed by atoms with van der Waals surface area (Å²) in [7, 11) is 0. The fourth-order valence-corrected chi connectivity index (χ4v) is 2.82. The summed E-state index contributed by atoms with van der Waals surface area (Å²) >= 11 is 0. The molecule has 0 bridgehead atoms. The Morgan fingerprint density at radius 3 is 2.35 bits per heavy atom. The minimum absolute atomic E-state index is 0.109. The van der Waals surface area contributed by atoms with Crippen LogP contribution in [0.25, 0.3) is 0 Å². The van der Waals surface area contributed by atoms with Crippen LogP contribution in [0, 0.1) is 23.3 Å². The van der Waals surface area contributed by atoms with Gasteiger partial charge in [-0.1, -0.05) is 12.1 Å². The van der Waals surface area contributed by atoms with Crippen molar-refractivity contribution in [3.63, 3.8) is 0 Å². The van der Waals surface area contributed by atoms with Crippen LogP contribution in [0.5, 0.6) is 0 Å². The van der Waals surface area contributed by atoms with Gasteiger partial charge in [0.2, 0.25) is 0 Å². The number of hydrogen-bond donors (Lipinski definition) is 1. The minimum atomic E-state index is -1.54. The average Bonchev–Trinajstić information content (AvgIpc) is 2.74. The van der Waals surface area contributed by atoms with Crippen LogP contribution in [0.3, 0.4) is 0 Å². The van der Waals surface area contributed by atoms with E-state index in [-0.39, 0.29) is 5.56 Å². The lowest BCUT2D eigenvalue weighted by Gasteiger charge is -2.26. The highest BCUT2D eigenvalue weighted by Crippen LogP contribution is 2.41. The molecule has 0 amide bonds. The number of rotatable bonds is 1. The third-order valence-corrected chi connectivity index (χ3v) is 3.85. The summed E-state index contributed by atoms with van der Waals surface area (Å²) in [6, 6.07) is 6.03. The molecule has 0 saturated heterocycles. The number of aryl methyl sites for hydroxylation is 1. The van der Waals surface area contributed by atoms with E-state index in [0.29, 0.717) is 24.0 Å². The standard InChI is InChI=1S/C15H11F4N/c16-9-1-2-10-8(7-9)5-6-15(10,20)11-3-4-12(17)14(19)13(11)18/h1-4,7H,5-6,20H2. The van der Waals surface area contributed by atoms with Gasteiger partial charge >= 0.3 is 0 Å². The van der Waals surface area contributed by atoms with E-state index in [9.17, 15) is 17.6 Å². The number of nitrogens with two attached hydrogens (primary N) is 1. The van der Waals surface area contributed by atoms with Gasteiger partial charge in [0, 0.05) is 5.56 Å². The number of hydrogen-bond acceptors (Lipinski definition) is 1. The maximum absolute atomic E-state index is 14.0. The van der Waals surface area contributed by atoms with Crippen molar-refractivity contribution >= 4 is 0 Å². The average molecular weight is 281 g/mol. The smallest absolute Gasteiger partial charge is 0.194 e. The van der Waals surface area contributed by atoms with Crippen molar-refractivity contribution in [3.05, 3.63) is 70.3 Å². The summed E-state index contributed by atoms with van der Waals surface area (Å²) in [5.74, 6) is -4.49. The Morgan fingerprint density at radius 1 is 0.900 bits per heavy atom. The Balaban J connectivity index is 2.19. The molecule has 1 unspecified atom stereocenters. The quantitative estimate of drug-likeness (QED) is 0.629. The molecule has 5 heteroatoms. The van der Waals surface area contributed by atoms with Gasteiger partial charge in [0.05, 0.1) is 5.54 Å². The molecule has 1 atom stereocenters. The molecule has 20 heavy (non-hydrogen) atoms. The second-order valence-electron chi connectivity index (χ2n) is 5.00. The van der Waals surface area contributed by atoms with E-state index in [0.717, 1.165) is 12.1 Å². The van der Waals surface area contributed by atoms with Crippen LogP contribution >= 0.6 is 0 Å². The fourth-order valence-electron chi connectivity index (χ4n) is 2.82. The molecule has 1 aliphatic rings. The molecular weight excluding hydrogens is 270 g/mol. The van der Waals surface area contributed by atoms with Gasteiger partial charge in [-0.2, -0.15) is 0 Å². The second-order valence-corrected chi connectivity index (χ2v) is 5.00. The zero-order valence-electron chi connectivity index (χ0n) is 10.4. The molecule has 2 N–H and O–H groups in total. The highest BCUT2D eigenvalue weighted by Gasteiger charge is 2.39. The number of halogens is 4. The van der Waals surface area contributed by atoms with Crippen LogP contribution in [0.15, 0.2) is 30.3 Å². The molecule has 0 fully saturated rings. The summed E-state index contributed by atoms with van der Waals surface area (Å²) in [6.45, 7) is 0. The van der Waals surface area contributed by atoms with Crippen molar-refractivity contribution in [2.75, 3.05) is 0 Å². The predicted molar refractivity (Wildman–Crippen MR) is 66.0 cm³/mol. The lowest BCUT2D eigenvalue weighted by Crippen LogP contribution is -2.36. The second kappa shape index (κ2) is 4.31.